The lowest BCUT2D eigenvalue weighted by Crippen LogP contribution is -2.51. The average molecular weight is 460 g/mol. The Balaban J connectivity index is 1.30. The molecule has 3 fully saturated rings. The van der Waals surface area contributed by atoms with Gasteiger partial charge in [0.25, 0.3) is 5.91 Å². The Hall–Kier alpha value is -2.97. The van der Waals surface area contributed by atoms with Crippen LogP contribution in [0.25, 0.3) is 0 Å². The van der Waals surface area contributed by atoms with E-state index in [2.05, 4.69) is 5.32 Å². The monoisotopic (exact) mass is 459 g/mol. The topological polar surface area (TPSA) is 131 Å². The summed E-state index contributed by atoms with van der Waals surface area (Å²) in [6.45, 7) is 0.798. The molecule has 0 bridgehead atoms. The number of rotatable bonds is 5. The van der Waals surface area contributed by atoms with E-state index in [1.54, 1.807) is 4.90 Å². The zero-order valence-electron chi connectivity index (χ0n) is 17.6. The number of carbonyl (C=O) groups is 3. The molecule has 1 spiro atoms. The van der Waals surface area contributed by atoms with Crippen molar-refractivity contribution in [2.24, 2.45) is 0 Å². The van der Waals surface area contributed by atoms with Crippen molar-refractivity contribution in [3.63, 3.8) is 0 Å². The highest BCUT2D eigenvalue weighted by molar-refractivity contribution is 7.89. The third-order valence-electron chi connectivity index (χ3n) is 6.46. The number of nitrogens with zero attached hydrogens (tertiary/aromatic N) is 4. The lowest BCUT2D eigenvalue weighted by atomic mass is 9.98. The molecule has 170 valence electrons. The van der Waals surface area contributed by atoms with E-state index in [4.69, 9.17) is 5.26 Å². The Labute approximate surface area is 186 Å². The van der Waals surface area contributed by atoms with Gasteiger partial charge in [-0.15, -0.1) is 0 Å². The Morgan fingerprint density at radius 3 is 2.28 bits per heavy atom. The van der Waals surface area contributed by atoms with E-state index in [9.17, 15) is 22.8 Å². The van der Waals surface area contributed by atoms with Crippen molar-refractivity contribution in [3.05, 3.63) is 29.8 Å². The SMILES string of the molecule is N#Cc1ccc(S(=O)(=O)N2CCN(C(=O)CCN3C(=O)NC4(CCCC4)C3=O)CC2)cc1. The molecule has 2 aliphatic heterocycles. The molecule has 4 amide bonds. The van der Waals surface area contributed by atoms with Crippen LogP contribution in [-0.4, -0.2) is 78.6 Å². The van der Waals surface area contributed by atoms with Crippen LogP contribution in [0.2, 0.25) is 0 Å². The van der Waals surface area contributed by atoms with Crippen LogP contribution in [0, 0.1) is 11.3 Å². The average Bonchev–Trinajstić information content (AvgIpc) is 3.37. The number of carbonyl (C=O) groups excluding carboxylic acids is 3. The van der Waals surface area contributed by atoms with Gasteiger partial charge in [0.05, 0.1) is 16.5 Å². The maximum Gasteiger partial charge on any atom is 0.325 e. The maximum absolute atomic E-state index is 12.8. The Bertz CT molecular complexity index is 1060. The number of imide groups is 1. The number of amides is 4. The quantitative estimate of drug-likeness (QED) is 0.643. The van der Waals surface area contributed by atoms with E-state index in [0.717, 1.165) is 17.7 Å². The fourth-order valence-electron chi connectivity index (χ4n) is 4.59. The molecular formula is C21H25N5O5S. The molecule has 0 atom stereocenters. The number of urea groups is 1. The zero-order valence-corrected chi connectivity index (χ0v) is 18.4. The van der Waals surface area contributed by atoms with Crippen molar-refractivity contribution in [1.29, 1.82) is 5.26 Å². The fraction of sp³-hybridized carbons (Fsp3) is 0.524. The Kier molecular flexibility index (Phi) is 5.92. The molecule has 0 unspecified atom stereocenters. The molecule has 4 rings (SSSR count). The summed E-state index contributed by atoms with van der Waals surface area (Å²) in [4.78, 5) is 40.4. The summed E-state index contributed by atoms with van der Waals surface area (Å²) in [5.41, 5.74) is -0.408. The molecule has 2 saturated heterocycles. The van der Waals surface area contributed by atoms with Gasteiger partial charge in [0.15, 0.2) is 0 Å². The van der Waals surface area contributed by atoms with Crippen LogP contribution in [0.15, 0.2) is 29.2 Å². The smallest absolute Gasteiger partial charge is 0.325 e. The van der Waals surface area contributed by atoms with E-state index in [0.29, 0.717) is 18.4 Å². The second-order valence-corrected chi connectivity index (χ2v) is 10.3. The number of hydrogen-bond acceptors (Lipinski definition) is 6. The van der Waals surface area contributed by atoms with Crippen LogP contribution < -0.4 is 5.32 Å². The van der Waals surface area contributed by atoms with Crippen LogP contribution in [0.5, 0.6) is 0 Å². The van der Waals surface area contributed by atoms with Crippen LogP contribution >= 0.6 is 0 Å². The predicted octanol–water partition coefficient (Wildman–Crippen LogP) is 0.646. The number of hydrogen-bond donors (Lipinski definition) is 1. The number of piperazine rings is 1. The third-order valence-corrected chi connectivity index (χ3v) is 8.38. The molecule has 0 radical (unpaired) electrons. The fourth-order valence-corrected chi connectivity index (χ4v) is 6.01. The van der Waals surface area contributed by atoms with Gasteiger partial charge in [-0.2, -0.15) is 9.57 Å². The lowest BCUT2D eigenvalue weighted by molar-refractivity contribution is -0.134. The summed E-state index contributed by atoms with van der Waals surface area (Å²) in [7, 11) is -3.71. The summed E-state index contributed by atoms with van der Waals surface area (Å²) in [5, 5.41) is 11.7. The summed E-state index contributed by atoms with van der Waals surface area (Å²) in [5.74, 6) is -0.459. The highest BCUT2D eigenvalue weighted by atomic mass is 32.2. The summed E-state index contributed by atoms with van der Waals surface area (Å²) in [6.07, 6.45) is 3.08. The molecule has 32 heavy (non-hydrogen) atoms. The summed E-state index contributed by atoms with van der Waals surface area (Å²) >= 11 is 0. The van der Waals surface area contributed by atoms with Gasteiger partial charge >= 0.3 is 6.03 Å². The van der Waals surface area contributed by atoms with Gasteiger partial charge < -0.3 is 10.2 Å². The molecule has 11 heteroatoms. The molecule has 3 aliphatic rings. The van der Waals surface area contributed by atoms with Gasteiger partial charge in [-0.25, -0.2) is 13.2 Å². The molecule has 0 aromatic heterocycles. The second kappa shape index (κ2) is 8.52. The minimum Gasteiger partial charge on any atom is -0.340 e. The summed E-state index contributed by atoms with van der Waals surface area (Å²) in [6, 6.07) is 7.23. The van der Waals surface area contributed by atoms with Crippen molar-refractivity contribution >= 4 is 27.9 Å². The number of benzene rings is 1. The summed E-state index contributed by atoms with van der Waals surface area (Å²) < 4.78 is 26.9. The zero-order chi connectivity index (χ0) is 22.9. The van der Waals surface area contributed by atoms with Crippen molar-refractivity contribution in [2.75, 3.05) is 32.7 Å². The minimum atomic E-state index is -3.71. The van der Waals surface area contributed by atoms with Crippen molar-refractivity contribution in [3.8, 4) is 6.07 Å². The Morgan fingerprint density at radius 1 is 1.06 bits per heavy atom. The first-order valence-corrected chi connectivity index (χ1v) is 12.1. The lowest BCUT2D eigenvalue weighted by Gasteiger charge is -2.34. The maximum atomic E-state index is 12.8. The van der Waals surface area contributed by atoms with Crippen molar-refractivity contribution in [1.82, 2.24) is 19.4 Å². The molecule has 2 heterocycles. The van der Waals surface area contributed by atoms with Crippen molar-refractivity contribution in [2.45, 2.75) is 42.5 Å². The van der Waals surface area contributed by atoms with E-state index in [1.807, 2.05) is 6.07 Å². The normalized spacial score (nSPS) is 21.1. The largest absolute Gasteiger partial charge is 0.340 e. The highest BCUT2D eigenvalue weighted by Gasteiger charge is 2.52. The minimum absolute atomic E-state index is 0.0115. The molecule has 1 N–H and O–H groups in total. The first kappa shape index (κ1) is 22.2. The van der Waals surface area contributed by atoms with Crippen molar-refractivity contribution < 1.29 is 22.8 Å². The molecule has 1 aliphatic carbocycles. The van der Waals surface area contributed by atoms with Gasteiger partial charge in [0, 0.05) is 39.1 Å². The molecule has 1 aromatic rings. The van der Waals surface area contributed by atoms with Gasteiger partial charge in [-0.05, 0) is 37.1 Å². The van der Waals surface area contributed by atoms with Gasteiger partial charge in [-0.3, -0.25) is 14.5 Å². The van der Waals surface area contributed by atoms with Crippen LogP contribution in [0.3, 0.4) is 0 Å². The number of nitrogens with one attached hydrogen (secondary N) is 1. The standard InChI is InChI=1S/C21H25N5O5S/c22-15-16-3-5-17(6-4-16)32(30,31)25-13-11-24(12-14-25)18(27)7-10-26-19(28)21(23-20(26)29)8-1-2-9-21/h3-6H,1-2,7-14H2,(H,23,29). The van der Waals surface area contributed by atoms with Crippen LogP contribution in [0.4, 0.5) is 4.79 Å². The van der Waals surface area contributed by atoms with E-state index < -0.39 is 21.6 Å². The molecule has 1 saturated carbocycles. The first-order chi connectivity index (χ1) is 15.3. The Morgan fingerprint density at radius 2 is 1.69 bits per heavy atom. The first-order valence-electron chi connectivity index (χ1n) is 10.7. The molecule has 1 aromatic carbocycles. The predicted molar refractivity (Wildman–Crippen MR) is 113 cm³/mol. The number of sulfonamides is 1. The van der Waals surface area contributed by atoms with E-state index in [-0.39, 0.29) is 55.9 Å². The van der Waals surface area contributed by atoms with E-state index in [1.165, 1.54) is 28.6 Å². The van der Waals surface area contributed by atoms with Gasteiger partial charge in [0.2, 0.25) is 15.9 Å². The highest BCUT2D eigenvalue weighted by Crippen LogP contribution is 2.35. The number of nitriles is 1. The third kappa shape index (κ3) is 3.96. The van der Waals surface area contributed by atoms with E-state index >= 15 is 0 Å². The van der Waals surface area contributed by atoms with Gasteiger partial charge in [0.1, 0.15) is 5.54 Å². The van der Waals surface area contributed by atoms with Gasteiger partial charge in [-0.1, -0.05) is 12.8 Å². The molecular weight excluding hydrogens is 434 g/mol. The second-order valence-electron chi connectivity index (χ2n) is 8.35. The van der Waals surface area contributed by atoms with Crippen LogP contribution in [-0.2, 0) is 19.6 Å². The van der Waals surface area contributed by atoms with Crippen LogP contribution in [0.1, 0.15) is 37.7 Å². The molecule has 10 nitrogen and oxygen atoms in total.